The second kappa shape index (κ2) is 3.42. The molecule has 0 N–H and O–H groups in total. The first kappa shape index (κ1) is 9.21. The molecule has 1 aromatic heterocycles. The van der Waals surface area contributed by atoms with E-state index < -0.39 is 0 Å². The molecular formula is C10H9ClN2O. The fraction of sp³-hybridized carbons (Fsp3) is 0.200. The molecule has 0 unspecified atom stereocenters. The molecule has 0 spiro atoms. The lowest BCUT2D eigenvalue weighted by atomic mass is 10.1. The minimum atomic E-state index is -0.229. The van der Waals surface area contributed by atoms with Gasteiger partial charge in [-0.25, -0.2) is 4.09 Å². The first-order valence-corrected chi connectivity index (χ1v) is 4.72. The van der Waals surface area contributed by atoms with Crippen LogP contribution in [0, 0.1) is 0 Å². The number of aryl methyl sites for hydroxylation is 1. The third kappa shape index (κ3) is 1.40. The van der Waals surface area contributed by atoms with E-state index >= 15 is 0 Å². The minimum Gasteiger partial charge on any atom is -0.267 e. The lowest BCUT2D eigenvalue weighted by Crippen LogP contribution is -2.08. The standard InChI is InChI=1S/C10H9ClN2O/c1-2-7-3-4-9-8(5-7)10(14)12-6-13(9)11/h3-6H,2H2,1H3. The SMILES string of the molecule is CCc1ccc2c(c1)c(=O)ncn2Cl. The van der Waals surface area contributed by atoms with Crippen molar-refractivity contribution in [2.24, 2.45) is 0 Å². The highest BCUT2D eigenvalue weighted by atomic mass is 35.5. The number of benzene rings is 1. The molecule has 2 aromatic rings. The number of aromatic nitrogens is 2. The summed E-state index contributed by atoms with van der Waals surface area (Å²) in [5, 5.41) is 0.571. The highest BCUT2D eigenvalue weighted by Crippen LogP contribution is 2.13. The Morgan fingerprint density at radius 3 is 3.00 bits per heavy atom. The zero-order valence-corrected chi connectivity index (χ0v) is 8.45. The average Bonchev–Trinajstić information content (AvgIpc) is 2.23. The molecule has 0 radical (unpaired) electrons. The van der Waals surface area contributed by atoms with Crippen LogP contribution in [-0.4, -0.2) is 9.07 Å². The first-order chi connectivity index (χ1) is 6.72. The smallest absolute Gasteiger partial charge is 0.267 e. The van der Waals surface area contributed by atoms with E-state index in [1.165, 1.54) is 10.4 Å². The largest absolute Gasteiger partial charge is 0.280 e. The van der Waals surface area contributed by atoms with Crippen molar-refractivity contribution in [3.05, 3.63) is 40.4 Å². The van der Waals surface area contributed by atoms with Gasteiger partial charge in [-0.2, -0.15) is 4.98 Å². The van der Waals surface area contributed by atoms with Crippen LogP contribution in [0.2, 0.25) is 0 Å². The second-order valence-electron chi connectivity index (χ2n) is 3.07. The number of rotatable bonds is 1. The summed E-state index contributed by atoms with van der Waals surface area (Å²) in [5.74, 6) is 0. The Kier molecular flexibility index (Phi) is 2.25. The zero-order valence-electron chi connectivity index (χ0n) is 7.70. The molecule has 0 aliphatic heterocycles. The van der Waals surface area contributed by atoms with E-state index in [1.54, 1.807) is 0 Å². The van der Waals surface area contributed by atoms with Gasteiger partial charge in [0.05, 0.1) is 10.9 Å². The zero-order chi connectivity index (χ0) is 10.1. The van der Waals surface area contributed by atoms with Crippen molar-refractivity contribution in [1.82, 2.24) is 9.07 Å². The van der Waals surface area contributed by atoms with Gasteiger partial charge in [0.1, 0.15) is 6.33 Å². The molecule has 0 aliphatic rings. The van der Waals surface area contributed by atoms with Crippen LogP contribution < -0.4 is 5.56 Å². The number of nitrogens with zero attached hydrogens (tertiary/aromatic N) is 2. The first-order valence-electron chi connectivity index (χ1n) is 4.39. The van der Waals surface area contributed by atoms with Crippen molar-refractivity contribution < 1.29 is 0 Å². The molecule has 0 aliphatic carbocycles. The van der Waals surface area contributed by atoms with E-state index in [1.807, 2.05) is 25.1 Å². The molecule has 1 aromatic carbocycles. The molecular weight excluding hydrogens is 200 g/mol. The van der Waals surface area contributed by atoms with Crippen LogP contribution in [0.25, 0.3) is 10.9 Å². The van der Waals surface area contributed by atoms with Gasteiger partial charge in [-0.1, -0.05) is 13.0 Å². The highest BCUT2D eigenvalue weighted by molar-refractivity contribution is 6.18. The Morgan fingerprint density at radius 1 is 1.50 bits per heavy atom. The van der Waals surface area contributed by atoms with E-state index in [2.05, 4.69) is 4.98 Å². The molecule has 0 atom stereocenters. The quantitative estimate of drug-likeness (QED) is 0.718. The highest BCUT2D eigenvalue weighted by Gasteiger charge is 2.02. The Balaban J connectivity index is 2.87. The van der Waals surface area contributed by atoms with Gasteiger partial charge >= 0.3 is 0 Å². The van der Waals surface area contributed by atoms with Crippen LogP contribution in [0.4, 0.5) is 0 Å². The molecule has 0 fully saturated rings. The van der Waals surface area contributed by atoms with E-state index in [9.17, 15) is 4.79 Å². The third-order valence-corrected chi connectivity index (χ3v) is 2.48. The second-order valence-corrected chi connectivity index (χ2v) is 3.43. The van der Waals surface area contributed by atoms with Crippen LogP contribution in [0.1, 0.15) is 12.5 Å². The Bertz CT molecular complexity index is 533. The predicted octanol–water partition coefficient (Wildman–Crippen LogP) is 1.96. The summed E-state index contributed by atoms with van der Waals surface area (Å²) in [6.07, 6.45) is 2.21. The van der Waals surface area contributed by atoms with Gasteiger partial charge in [0, 0.05) is 11.8 Å². The molecule has 72 valence electrons. The molecule has 0 saturated heterocycles. The maximum Gasteiger partial charge on any atom is 0.280 e. The molecule has 1 heterocycles. The fourth-order valence-electron chi connectivity index (χ4n) is 1.40. The summed E-state index contributed by atoms with van der Waals surface area (Å²) in [4.78, 5) is 15.1. The van der Waals surface area contributed by atoms with E-state index in [0.717, 1.165) is 12.0 Å². The normalized spacial score (nSPS) is 10.7. The number of hydrogen-bond donors (Lipinski definition) is 0. The van der Waals surface area contributed by atoms with Crippen LogP contribution in [0.5, 0.6) is 0 Å². The molecule has 14 heavy (non-hydrogen) atoms. The molecule has 0 saturated carbocycles. The van der Waals surface area contributed by atoms with Crippen molar-refractivity contribution in [2.75, 3.05) is 0 Å². The topological polar surface area (TPSA) is 34.9 Å². The minimum absolute atomic E-state index is 0.229. The van der Waals surface area contributed by atoms with Gasteiger partial charge in [-0.15, -0.1) is 0 Å². The lowest BCUT2D eigenvalue weighted by molar-refractivity contribution is 1.10. The number of hydrogen-bond acceptors (Lipinski definition) is 2. The number of halogens is 1. The van der Waals surface area contributed by atoms with Gasteiger partial charge in [0.25, 0.3) is 5.56 Å². The van der Waals surface area contributed by atoms with E-state index in [4.69, 9.17) is 11.8 Å². The molecule has 2 rings (SSSR count). The summed E-state index contributed by atoms with van der Waals surface area (Å²) < 4.78 is 1.33. The Hall–Kier alpha value is -1.35. The van der Waals surface area contributed by atoms with Crippen LogP contribution in [0.15, 0.2) is 29.3 Å². The van der Waals surface area contributed by atoms with Gasteiger partial charge in [0.2, 0.25) is 0 Å². The maximum atomic E-state index is 11.4. The van der Waals surface area contributed by atoms with Crippen LogP contribution in [-0.2, 0) is 6.42 Å². The monoisotopic (exact) mass is 208 g/mol. The Labute approximate surface area is 86.1 Å². The maximum absolute atomic E-state index is 11.4. The fourth-order valence-corrected chi connectivity index (χ4v) is 1.59. The van der Waals surface area contributed by atoms with Crippen molar-refractivity contribution in [3.8, 4) is 0 Å². The summed E-state index contributed by atoms with van der Waals surface area (Å²) in [6.45, 7) is 2.04. The van der Waals surface area contributed by atoms with Gasteiger partial charge in [-0.3, -0.25) is 4.79 Å². The molecule has 4 heteroatoms. The van der Waals surface area contributed by atoms with E-state index in [0.29, 0.717) is 10.9 Å². The Morgan fingerprint density at radius 2 is 2.29 bits per heavy atom. The number of fused-ring (bicyclic) bond motifs is 1. The van der Waals surface area contributed by atoms with Gasteiger partial charge in [0.15, 0.2) is 0 Å². The predicted molar refractivity (Wildman–Crippen MR) is 56.6 cm³/mol. The average molecular weight is 209 g/mol. The summed E-state index contributed by atoms with van der Waals surface area (Å²) in [5.41, 5.74) is 1.58. The molecule has 3 nitrogen and oxygen atoms in total. The summed E-state index contributed by atoms with van der Waals surface area (Å²) in [7, 11) is 0. The van der Waals surface area contributed by atoms with Crippen LogP contribution >= 0.6 is 11.8 Å². The van der Waals surface area contributed by atoms with Crippen molar-refractivity contribution in [1.29, 1.82) is 0 Å². The molecule has 0 amide bonds. The van der Waals surface area contributed by atoms with Crippen LogP contribution in [0.3, 0.4) is 0 Å². The van der Waals surface area contributed by atoms with Crippen molar-refractivity contribution in [3.63, 3.8) is 0 Å². The summed E-state index contributed by atoms with van der Waals surface area (Å²) in [6, 6.07) is 5.63. The van der Waals surface area contributed by atoms with Gasteiger partial charge < -0.3 is 0 Å². The molecule has 0 bridgehead atoms. The van der Waals surface area contributed by atoms with E-state index in [-0.39, 0.29) is 5.56 Å². The summed E-state index contributed by atoms with van der Waals surface area (Å²) >= 11 is 5.84. The van der Waals surface area contributed by atoms with Crippen molar-refractivity contribution >= 4 is 22.7 Å². The van der Waals surface area contributed by atoms with Crippen molar-refractivity contribution in [2.45, 2.75) is 13.3 Å². The third-order valence-electron chi connectivity index (χ3n) is 2.21. The lowest BCUT2D eigenvalue weighted by Gasteiger charge is -2.02. The van der Waals surface area contributed by atoms with Gasteiger partial charge in [-0.05, 0) is 24.1 Å².